The monoisotopic (exact) mass is 250 g/mol. The van der Waals surface area contributed by atoms with Crippen LogP contribution >= 0.6 is 16.1 Å². The normalized spacial score (nSPS) is 11.2. The highest BCUT2D eigenvalue weighted by Crippen LogP contribution is 2.18. The van der Waals surface area contributed by atoms with Crippen molar-refractivity contribution >= 4 is 32.0 Å². The van der Waals surface area contributed by atoms with Crippen LogP contribution in [-0.4, -0.2) is 8.42 Å². The van der Waals surface area contributed by atoms with Crippen LogP contribution in [0.25, 0.3) is 0 Å². The Bertz CT molecular complexity index is 351. The number of anilines is 1. The summed E-state index contributed by atoms with van der Waals surface area (Å²) in [5.41, 5.74) is 0.472. The van der Waals surface area contributed by atoms with Gasteiger partial charge >= 0.3 is 10.2 Å². The van der Waals surface area contributed by atoms with E-state index >= 15 is 0 Å². The first kappa shape index (κ1) is 9.50. The van der Waals surface area contributed by atoms with Crippen LogP contribution in [0.4, 0.5) is 5.69 Å². The summed E-state index contributed by atoms with van der Waals surface area (Å²) >= 11 is 2.83. The Hall–Kier alpha value is -0.590. The van der Waals surface area contributed by atoms with E-state index in [9.17, 15) is 8.42 Å². The standard InChI is InChI=1S/C6H7BrN2O2S/c7-9(12(8,10)11)6-4-2-1-3-5-6/h1-5H,(H2,8,10,11). The van der Waals surface area contributed by atoms with Crippen molar-refractivity contribution in [2.75, 3.05) is 3.33 Å². The van der Waals surface area contributed by atoms with E-state index in [1.54, 1.807) is 30.3 Å². The number of nitrogens with zero attached hydrogens (tertiary/aromatic N) is 1. The van der Waals surface area contributed by atoms with E-state index in [-0.39, 0.29) is 0 Å². The summed E-state index contributed by atoms with van der Waals surface area (Å²) in [5.74, 6) is 0. The molecule has 1 aromatic rings. The minimum Gasteiger partial charge on any atom is -0.210 e. The van der Waals surface area contributed by atoms with E-state index in [4.69, 9.17) is 5.14 Å². The third-order valence-electron chi connectivity index (χ3n) is 1.18. The minimum absolute atomic E-state index is 0.472. The summed E-state index contributed by atoms with van der Waals surface area (Å²) in [5, 5.41) is 4.86. The number of nitrogens with two attached hydrogens (primary N) is 1. The number of rotatable bonds is 2. The number of hydrogen-bond acceptors (Lipinski definition) is 2. The number of hydrogen-bond donors (Lipinski definition) is 1. The molecule has 6 heteroatoms. The van der Waals surface area contributed by atoms with Gasteiger partial charge in [0.15, 0.2) is 0 Å². The summed E-state index contributed by atoms with van der Waals surface area (Å²) in [6, 6.07) is 8.47. The molecule has 0 aliphatic heterocycles. The number of benzene rings is 1. The second kappa shape index (κ2) is 3.42. The lowest BCUT2D eigenvalue weighted by atomic mass is 10.3. The SMILES string of the molecule is NS(=O)(=O)N(Br)c1ccccc1. The van der Waals surface area contributed by atoms with Crippen LogP contribution in [0.1, 0.15) is 0 Å². The molecule has 1 rings (SSSR count). The average Bonchev–Trinajstić information content (AvgIpc) is 2.03. The zero-order valence-electron chi connectivity index (χ0n) is 6.01. The molecule has 1 aromatic carbocycles. The molecule has 2 N–H and O–H groups in total. The van der Waals surface area contributed by atoms with Crippen LogP contribution in [0.15, 0.2) is 30.3 Å². The number of para-hydroxylation sites is 1. The van der Waals surface area contributed by atoms with Crippen molar-refractivity contribution in [3.05, 3.63) is 30.3 Å². The van der Waals surface area contributed by atoms with Crippen molar-refractivity contribution in [2.24, 2.45) is 5.14 Å². The topological polar surface area (TPSA) is 63.4 Å². The second-order valence-electron chi connectivity index (χ2n) is 2.10. The van der Waals surface area contributed by atoms with Gasteiger partial charge in [-0.15, -0.1) is 0 Å². The first-order valence-corrected chi connectivity index (χ1v) is 5.27. The van der Waals surface area contributed by atoms with Gasteiger partial charge in [-0.1, -0.05) is 18.2 Å². The van der Waals surface area contributed by atoms with Crippen LogP contribution < -0.4 is 8.47 Å². The summed E-state index contributed by atoms with van der Waals surface area (Å²) in [6.07, 6.45) is 0. The fourth-order valence-corrected chi connectivity index (χ4v) is 1.34. The molecule has 12 heavy (non-hydrogen) atoms. The zero-order chi connectivity index (χ0) is 9.19. The van der Waals surface area contributed by atoms with Crippen molar-refractivity contribution in [1.29, 1.82) is 0 Å². The van der Waals surface area contributed by atoms with Gasteiger partial charge in [-0.25, -0.2) is 5.14 Å². The molecule has 0 radical (unpaired) electrons. The van der Waals surface area contributed by atoms with Crippen LogP contribution in [0.5, 0.6) is 0 Å². The summed E-state index contributed by atoms with van der Waals surface area (Å²) in [4.78, 5) is 0. The Kier molecular flexibility index (Phi) is 2.71. The first-order chi connectivity index (χ1) is 5.52. The Morgan fingerprint density at radius 1 is 1.25 bits per heavy atom. The van der Waals surface area contributed by atoms with E-state index in [1.165, 1.54) is 0 Å². The molecule has 0 bridgehead atoms. The molecule has 0 saturated carbocycles. The minimum atomic E-state index is -3.71. The summed E-state index contributed by atoms with van der Waals surface area (Å²) in [7, 11) is -3.71. The quantitative estimate of drug-likeness (QED) is 0.797. The van der Waals surface area contributed by atoms with E-state index in [1.807, 2.05) is 0 Å². The molecular weight excluding hydrogens is 244 g/mol. The van der Waals surface area contributed by atoms with Gasteiger partial charge < -0.3 is 0 Å². The highest BCUT2D eigenvalue weighted by molar-refractivity contribution is 9.11. The molecule has 0 amide bonds. The highest BCUT2D eigenvalue weighted by atomic mass is 79.9. The maximum Gasteiger partial charge on any atom is 0.308 e. The van der Waals surface area contributed by atoms with Crippen LogP contribution in [0.2, 0.25) is 0 Å². The van der Waals surface area contributed by atoms with Crippen LogP contribution in [-0.2, 0) is 10.2 Å². The van der Waals surface area contributed by atoms with Gasteiger partial charge in [0.25, 0.3) is 0 Å². The van der Waals surface area contributed by atoms with Gasteiger partial charge in [0, 0.05) is 0 Å². The molecule has 66 valence electrons. The first-order valence-electron chi connectivity index (χ1n) is 3.05. The predicted octanol–water partition coefficient (Wildman–Crippen LogP) is 1.01. The maximum absolute atomic E-state index is 10.8. The largest absolute Gasteiger partial charge is 0.308 e. The van der Waals surface area contributed by atoms with Crippen LogP contribution in [0, 0.1) is 0 Å². The molecule has 0 aliphatic rings. The molecule has 0 fully saturated rings. The van der Waals surface area contributed by atoms with Crippen LogP contribution in [0.3, 0.4) is 0 Å². The Morgan fingerprint density at radius 3 is 2.17 bits per heavy atom. The van der Waals surface area contributed by atoms with Gasteiger partial charge in [0.1, 0.15) is 0 Å². The molecule has 4 nitrogen and oxygen atoms in total. The van der Waals surface area contributed by atoms with E-state index < -0.39 is 10.2 Å². The van der Waals surface area contributed by atoms with E-state index in [0.29, 0.717) is 5.69 Å². The summed E-state index contributed by atoms with van der Waals surface area (Å²) < 4.78 is 22.4. The molecular formula is C6H7BrN2O2S. The number of halogens is 1. The van der Waals surface area contributed by atoms with Gasteiger partial charge in [-0.2, -0.15) is 11.7 Å². The lowest BCUT2D eigenvalue weighted by Crippen LogP contribution is -2.28. The fourth-order valence-electron chi connectivity index (χ4n) is 0.692. The van der Waals surface area contributed by atoms with Crippen molar-refractivity contribution in [1.82, 2.24) is 0 Å². The van der Waals surface area contributed by atoms with Gasteiger partial charge in [0.2, 0.25) is 0 Å². The van der Waals surface area contributed by atoms with Gasteiger partial charge in [-0.3, -0.25) is 0 Å². The van der Waals surface area contributed by atoms with E-state index in [0.717, 1.165) is 3.33 Å². The fraction of sp³-hybridized carbons (Fsp3) is 0. The summed E-state index contributed by atoms with van der Waals surface area (Å²) in [6.45, 7) is 0. The van der Waals surface area contributed by atoms with Crippen molar-refractivity contribution < 1.29 is 8.42 Å². The predicted molar refractivity (Wildman–Crippen MR) is 51.0 cm³/mol. The van der Waals surface area contributed by atoms with Crippen molar-refractivity contribution in [2.45, 2.75) is 0 Å². The Morgan fingerprint density at radius 2 is 1.75 bits per heavy atom. The average molecular weight is 251 g/mol. The zero-order valence-corrected chi connectivity index (χ0v) is 8.42. The van der Waals surface area contributed by atoms with Crippen molar-refractivity contribution in [3.8, 4) is 0 Å². The second-order valence-corrected chi connectivity index (χ2v) is 4.67. The molecule has 0 aromatic heterocycles. The Labute approximate surface area is 79.5 Å². The third-order valence-corrected chi connectivity index (χ3v) is 3.46. The molecule has 0 aliphatic carbocycles. The van der Waals surface area contributed by atoms with Gasteiger partial charge in [0.05, 0.1) is 21.8 Å². The molecule has 0 atom stereocenters. The molecule has 0 unspecified atom stereocenters. The molecule has 0 spiro atoms. The third kappa shape index (κ3) is 2.20. The lowest BCUT2D eigenvalue weighted by molar-refractivity contribution is 0.600. The molecule has 0 heterocycles. The Balaban J connectivity index is 3.02. The maximum atomic E-state index is 10.8. The van der Waals surface area contributed by atoms with Gasteiger partial charge in [-0.05, 0) is 12.1 Å². The smallest absolute Gasteiger partial charge is 0.210 e. The van der Waals surface area contributed by atoms with Crippen molar-refractivity contribution in [3.63, 3.8) is 0 Å². The molecule has 0 saturated heterocycles. The lowest BCUT2D eigenvalue weighted by Gasteiger charge is -2.11. The van der Waals surface area contributed by atoms with E-state index in [2.05, 4.69) is 16.1 Å². The highest BCUT2D eigenvalue weighted by Gasteiger charge is 2.13.